The summed E-state index contributed by atoms with van der Waals surface area (Å²) in [5.74, 6) is -0.995. The fourth-order valence-corrected chi connectivity index (χ4v) is 3.27. The number of amides is 3. The van der Waals surface area contributed by atoms with Crippen molar-refractivity contribution in [1.82, 2.24) is 15.1 Å². The van der Waals surface area contributed by atoms with Gasteiger partial charge < -0.3 is 20.9 Å². The summed E-state index contributed by atoms with van der Waals surface area (Å²) >= 11 is 0. The monoisotopic (exact) mass is 342 g/mol. The molecule has 2 rings (SSSR count). The molecule has 0 bridgehead atoms. The Hall–Kier alpha value is -1.70. The molecule has 2 saturated heterocycles. The summed E-state index contributed by atoms with van der Waals surface area (Å²) in [5.41, 5.74) is 4.67. The first-order valence-electron chi connectivity index (χ1n) is 8.45. The predicted molar refractivity (Wildman–Crippen MR) is 86.7 cm³/mol. The topological polar surface area (TPSA) is 95.7 Å². The molecule has 0 aromatic carbocycles. The quantitative estimate of drug-likeness (QED) is 0.698. The third-order valence-corrected chi connectivity index (χ3v) is 4.67. The fraction of sp³-hybridized carbons (Fsp3) is 0.812. The van der Waals surface area contributed by atoms with E-state index in [0.717, 1.165) is 25.9 Å². The zero-order chi connectivity index (χ0) is 17.9. The first-order chi connectivity index (χ1) is 11.2. The van der Waals surface area contributed by atoms with Crippen LogP contribution in [0.15, 0.2) is 0 Å². The Balaban J connectivity index is 1.85. The van der Waals surface area contributed by atoms with Gasteiger partial charge in [-0.25, -0.2) is 4.39 Å². The molecule has 0 aromatic rings. The van der Waals surface area contributed by atoms with Crippen molar-refractivity contribution in [3.63, 3.8) is 0 Å². The van der Waals surface area contributed by atoms with E-state index in [2.05, 4.69) is 5.32 Å². The summed E-state index contributed by atoms with van der Waals surface area (Å²) in [7, 11) is 0. The normalized spacial score (nSPS) is 24.5. The van der Waals surface area contributed by atoms with E-state index in [0.29, 0.717) is 0 Å². The van der Waals surface area contributed by atoms with Crippen LogP contribution in [0.2, 0.25) is 0 Å². The summed E-state index contributed by atoms with van der Waals surface area (Å²) in [6.07, 6.45) is 1.08. The molecule has 2 fully saturated rings. The summed E-state index contributed by atoms with van der Waals surface area (Å²) in [6, 6.07) is -0.886. The van der Waals surface area contributed by atoms with Gasteiger partial charge in [0.1, 0.15) is 12.2 Å². The van der Waals surface area contributed by atoms with Crippen molar-refractivity contribution >= 4 is 17.7 Å². The maximum Gasteiger partial charge on any atom is 0.240 e. The second kappa shape index (κ2) is 7.46. The van der Waals surface area contributed by atoms with Gasteiger partial charge in [0, 0.05) is 31.5 Å². The van der Waals surface area contributed by atoms with Gasteiger partial charge in [-0.3, -0.25) is 14.4 Å². The van der Waals surface area contributed by atoms with E-state index in [4.69, 9.17) is 5.73 Å². The highest BCUT2D eigenvalue weighted by Gasteiger charge is 2.39. The van der Waals surface area contributed by atoms with Crippen LogP contribution in [0.5, 0.6) is 0 Å². The minimum Gasteiger partial charge on any atom is -0.368 e. The zero-order valence-corrected chi connectivity index (χ0v) is 14.4. The van der Waals surface area contributed by atoms with E-state index >= 15 is 0 Å². The number of carbonyl (C=O) groups is 3. The number of alkyl halides is 1. The largest absolute Gasteiger partial charge is 0.368 e. The summed E-state index contributed by atoms with van der Waals surface area (Å²) in [6.45, 7) is 5.11. The van der Waals surface area contributed by atoms with E-state index in [-0.39, 0.29) is 37.7 Å². The fourth-order valence-electron chi connectivity index (χ4n) is 3.27. The van der Waals surface area contributed by atoms with Crippen molar-refractivity contribution in [3.8, 4) is 0 Å². The third-order valence-electron chi connectivity index (χ3n) is 4.67. The van der Waals surface area contributed by atoms with Gasteiger partial charge >= 0.3 is 0 Å². The number of hydrogen-bond donors (Lipinski definition) is 2. The molecule has 2 atom stereocenters. The molecule has 3 N–H and O–H groups in total. The lowest BCUT2D eigenvalue weighted by Crippen LogP contribution is -2.51. The minimum absolute atomic E-state index is 0.0437. The highest BCUT2D eigenvalue weighted by molar-refractivity contribution is 5.88. The Bertz CT molecular complexity index is 506. The number of rotatable bonds is 6. The molecule has 2 aliphatic heterocycles. The van der Waals surface area contributed by atoms with Crippen LogP contribution in [0.1, 0.15) is 39.5 Å². The van der Waals surface area contributed by atoms with E-state index in [9.17, 15) is 18.8 Å². The average Bonchev–Trinajstić information content (AvgIpc) is 3.13. The predicted octanol–water partition coefficient (Wildman–Crippen LogP) is -0.209. The lowest BCUT2D eigenvalue weighted by atomic mass is 9.99. The Morgan fingerprint density at radius 1 is 1.21 bits per heavy atom. The standard InChI is InChI=1S/C16H27FN4O3/c1-16(2,8-13(22)20-5-3-4-6-20)19-9-14(23)21-10-11(17)7-12(21)15(18)24/h11-12,19H,3-10H2,1-2H3,(H2,18,24)/t11-,12-/m0/s1. The second-order valence-corrected chi connectivity index (χ2v) is 7.30. The van der Waals surface area contributed by atoms with Gasteiger partial charge in [0.15, 0.2) is 0 Å². The number of primary amides is 1. The second-order valence-electron chi connectivity index (χ2n) is 7.30. The molecule has 0 radical (unpaired) electrons. The molecule has 0 aliphatic carbocycles. The summed E-state index contributed by atoms with van der Waals surface area (Å²) in [4.78, 5) is 38.9. The average molecular weight is 342 g/mol. The third kappa shape index (κ3) is 4.66. The van der Waals surface area contributed by atoms with Crippen LogP contribution in [0.4, 0.5) is 4.39 Å². The molecule has 2 heterocycles. The first-order valence-corrected chi connectivity index (χ1v) is 8.45. The molecule has 7 nitrogen and oxygen atoms in total. The van der Waals surface area contributed by atoms with Crippen LogP contribution in [-0.2, 0) is 14.4 Å². The molecular weight excluding hydrogens is 315 g/mol. The number of likely N-dealkylation sites (tertiary alicyclic amines) is 2. The van der Waals surface area contributed by atoms with Crippen LogP contribution >= 0.6 is 0 Å². The smallest absolute Gasteiger partial charge is 0.240 e. The number of carbonyl (C=O) groups excluding carboxylic acids is 3. The summed E-state index contributed by atoms with van der Waals surface area (Å²) in [5, 5.41) is 3.05. The van der Waals surface area contributed by atoms with E-state index in [1.165, 1.54) is 4.90 Å². The molecule has 24 heavy (non-hydrogen) atoms. The van der Waals surface area contributed by atoms with Gasteiger partial charge in [0.25, 0.3) is 0 Å². The van der Waals surface area contributed by atoms with Gasteiger partial charge in [0.2, 0.25) is 17.7 Å². The van der Waals surface area contributed by atoms with Crippen molar-refractivity contribution in [2.45, 2.75) is 57.3 Å². The van der Waals surface area contributed by atoms with Gasteiger partial charge in [-0.1, -0.05) is 0 Å². The summed E-state index contributed by atoms with van der Waals surface area (Å²) < 4.78 is 13.5. The van der Waals surface area contributed by atoms with Crippen LogP contribution in [-0.4, -0.2) is 71.5 Å². The number of nitrogens with zero attached hydrogens (tertiary/aromatic N) is 2. The van der Waals surface area contributed by atoms with Crippen LogP contribution in [0.3, 0.4) is 0 Å². The molecule has 0 aromatic heterocycles. The van der Waals surface area contributed by atoms with Gasteiger partial charge in [-0.2, -0.15) is 0 Å². The van der Waals surface area contributed by atoms with Crippen LogP contribution in [0, 0.1) is 0 Å². The number of nitrogens with two attached hydrogens (primary N) is 1. The lowest BCUT2D eigenvalue weighted by Gasteiger charge is -2.29. The van der Waals surface area contributed by atoms with Gasteiger partial charge in [0.05, 0.1) is 13.1 Å². The Morgan fingerprint density at radius 2 is 1.83 bits per heavy atom. The molecule has 0 unspecified atom stereocenters. The zero-order valence-electron chi connectivity index (χ0n) is 14.4. The molecular formula is C16H27FN4O3. The Morgan fingerprint density at radius 3 is 2.42 bits per heavy atom. The van der Waals surface area contributed by atoms with Crippen molar-refractivity contribution in [1.29, 1.82) is 0 Å². The van der Waals surface area contributed by atoms with E-state index < -0.39 is 23.7 Å². The number of hydrogen-bond acceptors (Lipinski definition) is 4. The maximum atomic E-state index is 13.5. The molecule has 2 aliphatic rings. The van der Waals surface area contributed by atoms with Crippen molar-refractivity contribution in [2.75, 3.05) is 26.2 Å². The molecule has 8 heteroatoms. The van der Waals surface area contributed by atoms with Crippen LogP contribution in [0.25, 0.3) is 0 Å². The van der Waals surface area contributed by atoms with Crippen LogP contribution < -0.4 is 11.1 Å². The van der Waals surface area contributed by atoms with Gasteiger partial charge in [-0.05, 0) is 26.7 Å². The Kier molecular flexibility index (Phi) is 5.79. The molecule has 0 spiro atoms. The first kappa shape index (κ1) is 18.6. The lowest BCUT2D eigenvalue weighted by molar-refractivity contribution is -0.137. The van der Waals surface area contributed by atoms with Crippen molar-refractivity contribution in [3.05, 3.63) is 0 Å². The van der Waals surface area contributed by atoms with Crippen molar-refractivity contribution in [2.24, 2.45) is 5.73 Å². The van der Waals surface area contributed by atoms with E-state index in [1.54, 1.807) is 0 Å². The Labute approximate surface area is 141 Å². The minimum atomic E-state index is -1.23. The molecule has 0 saturated carbocycles. The van der Waals surface area contributed by atoms with Crippen molar-refractivity contribution < 1.29 is 18.8 Å². The number of halogens is 1. The number of nitrogens with one attached hydrogen (secondary N) is 1. The highest BCUT2D eigenvalue weighted by atomic mass is 19.1. The van der Waals surface area contributed by atoms with Gasteiger partial charge in [-0.15, -0.1) is 0 Å². The molecule has 3 amide bonds. The molecule has 136 valence electrons. The van der Waals surface area contributed by atoms with E-state index in [1.807, 2.05) is 18.7 Å². The highest BCUT2D eigenvalue weighted by Crippen LogP contribution is 2.21. The maximum absolute atomic E-state index is 13.5. The SMILES string of the molecule is CC(C)(CC(=O)N1CCCC1)NCC(=O)N1C[C@@H](F)C[C@H]1C(N)=O.